The maximum atomic E-state index is 12.1. The van der Waals surface area contributed by atoms with E-state index in [9.17, 15) is 9.59 Å². The lowest BCUT2D eigenvalue weighted by Gasteiger charge is -2.15. The Morgan fingerprint density at radius 1 is 1.55 bits per heavy atom. The summed E-state index contributed by atoms with van der Waals surface area (Å²) < 4.78 is 5.05. The first-order valence-electron chi connectivity index (χ1n) is 6.11. The number of ether oxygens (including phenoxy) is 1. The molecule has 1 aromatic rings. The average molecular weight is 315 g/mol. The Balaban J connectivity index is 2.03. The molecule has 2 rings (SSSR count). The van der Waals surface area contributed by atoms with Crippen molar-refractivity contribution < 1.29 is 14.3 Å². The number of nitrogens with one attached hydrogen (secondary N) is 2. The lowest BCUT2D eigenvalue weighted by Crippen LogP contribution is -2.44. The van der Waals surface area contributed by atoms with Crippen LogP contribution in [0.2, 0.25) is 5.02 Å². The van der Waals surface area contributed by atoms with Gasteiger partial charge in [0, 0.05) is 23.6 Å². The van der Waals surface area contributed by atoms with Gasteiger partial charge in [0.15, 0.2) is 0 Å². The van der Waals surface area contributed by atoms with Crippen LogP contribution in [0.4, 0.5) is 5.69 Å². The molecule has 0 unspecified atom stereocenters. The van der Waals surface area contributed by atoms with Crippen molar-refractivity contribution in [2.45, 2.75) is 12.5 Å². The van der Waals surface area contributed by atoms with Crippen LogP contribution in [-0.2, 0) is 9.59 Å². The third kappa shape index (κ3) is 3.80. The molecule has 0 saturated carbocycles. The smallest absolute Gasteiger partial charge is 0.247 e. The zero-order valence-corrected chi connectivity index (χ0v) is 12.5. The molecule has 1 aliphatic heterocycles. The van der Waals surface area contributed by atoms with Gasteiger partial charge >= 0.3 is 0 Å². The van der Waals surface area contributed by atoms with E-state index < -0.39 is 6.04 Å². The maximum absolute atomic E-state index is 12.1. The van der Waals surface area contributed by atoms with E-state index in [0.29, 0.717) is 28.6 Å². The third-order valence-electron chi connectivity index (χ3n) is 2.83. The van der Waals surface area contributed by atoms with Crippen molar-refractivity contribution in [3.8, 4) is 5.75 Å². The number of halogens is 1. The Morgan fingerprint density at radius 3 is 3.05 bits per heavy atom. The Hall–Kier alpha value is -1.40. The number of anilines is 1. The van der Waals surface area contributed by atoms with Gasteiger partial charge in [0.1, 0.15) is 11.8 Å². The number of carbonyl (C=O) groups excluding carboxylic acids is 2. The second-order valence-electron chi connectivity index (χ2n) is 4.28. The van der Waals surface area contributed by atoms with Gasteiger partial charge in [-0.15, -0.1) is 0 Å². The predicted octanol–water partition coefficient (Wildman–Crippen LogP) is 1.91. The van der Waals surface area contributed by atoms with E-state index in [0.717, 1.165) is 5.75 Å². The first-order chi connectivity index (χ1) is 9.60. The molecule has 1 aromatic carbocycles. The van der Waals surface area contributed by atoms with Gasteiger partial charge in [-0.2, -0.15) is 11.8 Å². The quantitative estimate of drug-likeness (QED) is 0.894. The molecule has 2 amide bonds. The minimum absolute atomic E-state index is 0.0945. The maximum Gasteiger partial charge on any atom is 0.247 e. The molecule has 5 nitrogen and oxygen atoms in total. The van der Waals surface area contributed by atoms with E-state index in [1.807, 2.05) is 0 Å². The number of thioether (sulfide) groups is 1. The van der Waals surface area contributed by atoms with E-state index in [4.69, 9.17) is 16.3 Å². The summed E-state index contributed by atoms with van der Waals surface area (Å²) in [5.41, 5.74) is 0.573. The number of amides is 2. The minimum atomic E-state index is -0.518. The molecule has 2 N–H and O–H groups in total. The standard InChI is InChI=1S/C13H15ClN2O3S/c1-19-11-3-2-8(6-9(11)14)15-13(18)10-7-20-5-4-12(17)16-10/h2-3,6,10H,4-5,7H2,1H3,(H,15,18)(H,16,17)/t10-/m0/s1. The molecule has 0 bridgehead atoms. The molecule has 7 heteroatoms. The highest BCUT2D eigenvalue weighted by molar-refractivity contribution is 7.99. The van der Waals surface area contributed by atoms with Crippen molar-refractivity contribution in [2.24, 2.45) is 0 Å². The van der Waals surface area contributed by atoms with E-state index in [-0.39, 0.29) is 11.8 Å². The van der Waals surface area contributed by atoms with Crippen LogP contribution in [0, 0.1) is 0 Å². The fourth-order valence-corrected chi connectivity index (χ4v) is 3.01. The number of hydrogen-bond acceptors (Lipinski definition) is 4. The van der Waals surface area contributed by atoms with Crippen LogP contribution in [-0.4, -0.2) is 36.5 Å². The fourth-order valence-electron chi connectivity index (χ4n) is 1.79. The van der Waals surface area contributed by atoms with E-state index in [2.05, 4.69) is 10.6 Å². The summed E-state index contributed by atoms with van der Waals surface area (Å²) in [5.74, 6) is 1.52. The number of benzene rings is 1. The topological polar surface area (TPSA) is 67.4 Å². The molecule has 0 spiro atoms. The van der Waals surface area contributed by atoms with Crippen molar-refractivity contribution >= 4 is 40.9 Å². The summed E-state index contributed by atoms with van der Waals surface area (Å²) >= 11 is 7.58. The van der Waals surface area contributed by atoms with Gasteiger partial charge in [-0.05, 0) is 18.2 Å². The summed E-state index contributed by atoms with van der Waals surface area (Å²) in [6.45, 7) is 0. The Morgan fingerprint density at radius 2 is 2.35 bits per heavy atom. The third-order valence-corrected chi connectivity index (χ3v) is 4.19. The van der Waals surface area contributed by atoms with Crippen LogP contribution >= 0.6 is 23.4 Å². The molecule has 1 heterocycles. The minimum Gasteiger partial charge on any atom is -0.495 e. The average Bonchev–Trinajstić information content (AvgIpc) is 2.64. The second kappa shape index (κ2) is 6.85. The van der Waals surface area contributed by atoms with Gasteiger partial charge in [-0.3, -0.25) is 9.59 Å². The lowest BCUT2D eigenvalue weighted by atomic mass is 10.2. The van der Waals surface area contributed by atoms with Gasteiger partial charge in [0.05, 0.1) is 12.1 Å². The van der Waals surface area contributed by atoms with Gasteiger partial charge in [0.2, 0.25) is 11.8 Å². The lowest BCUT2D eigenvalue weighted by molar-refractivity contribution is -0.125. The van der Waals surface area contributed by atoms with Crippen molar-refractivity contribution in [1.82, 2.24) is 5.32 Å². The molecule has 1 fully saturated rings. The van der Waals surface area contributed by atoms with Gasteiger partial charge in [0.25, 0.3) is 0 Å². The van der Waals surface area contributed by atoms with Gasteiger partial charge in [-0.1, -0.05) is 11.6 Å². The second-order valence-corrected chi connectivity index (χ2v) is 5.84. The molecular formula is C13H15ClN2O3S. The zero-order valence-electron chi connectivity index (χ0n) is 10.9. The number of rotatable bonds is 3. The van der Waals surface area contributed by atoms with Crippen LogP contribution in [0.5, 0.6) is 5.75 Å². The van der Waals surface area contributed by atoms with E-state index in [1.165, 1.54) is 7.11 Å². The highest BCUT2D eigenvalue weighted by atomic mass is 35.5. The molecule has 0 aliphatic carbocycles. The van der Waals surface area contributed by atoms with Crippen LogP contribution in [0.1, 0.15) is 6.42 Å². The molecule has 0 radical (unpaired) electrons. The van der Waals surface area contributed by atoms with E-state index in [1.54, 1.807) is 30.0 Å². The summed E-state index contributed by atoms with van der Waals surface area (Å²) in [6, 6.07) is 4.48. The van der Waals surface area contributed by atoms with Crippen LogP contribution in [0.15, 0.2) is 18.2 Å². The van der Waals surface area contributed by atoms with Crippen LogP contribution in [0.3, 0.4) is 0 Å². The summed E-state index contributed by atoms with van der Waals surface area (Å²) in [5, 5.41) is 5.87. The predicted molar refractivity (Wildman–Crippen MR) is 80.5 cm³/mol. The normalized spacial score (nSPS) is 18.9. The van der Waals surface area contributed by atoms with Gasteiger partial charge in [-0.25, -0.2) is 0 Å². The summed E-state index contributed by atoms with van der Waals surface area (Å²) in [4.78, 5) is 23.6. The Bertz CT molecular complexity index is 524. The first kappa shape index (κ1) is 15.0. The number of carbonyl (C=O) groups is 2. The Kier molecular flexibility index (Phi) is 5.14. The highest BCUT2D eigenvalue weighted by Gasteiger charge is 2.23. The largest absolute Gasteiger partial charge is 0.495 e. The summed E-state index contributed by atoms with van der Waals surface area (Å²) in [7, 11) is 1.53. The number of methoxy groups -OCH3 is 1. The molecule has 1 aliphatic rings. The SMILES string of the molecule is COc1ccc(NC(=O)[C@@H]2CSCCC(=O)N2)cc1Cl. The molecule has 108 valence electrons. The monoisotopic (exact) mass is 314 g/mol. The van der Waals surface area contributed by atoms with Gasteiger partial charge < -0.3 is 15.4 Å². The summed E-state index contributed by atoms with van der Waals surface area (Å²) in [6.07, 6.45) is 0.447. The zero-order chi connectivity index (χ0) is 14.5. The molecule has 1 saturated heterocycles. The molecule has 1 atom stereocenters. The Labute approximate surface area is 126 Å². The van der Waals surface area contributed by atoms with Crippen molar-refractivity contribution in [3.63, 3.8) is 0 Å². The van der Waals surface area contributed by atoms with Crippen molar-refractivity contribution in [1.29, 1.82) is 0 Å². The van der Waals surface area contributed by atoms with Crippen molar-refractivity contribution in [3.05, 3.63) is 23.2 Å². The van der Waals surface area contributed by atoms with Crippen LogP contribution in [0.25, 0.3) is 0 Å². The van der Waals surface area contributed by atoms with E-state index >= 15 is 0 Å². The highest BCUT2D eigenvalue weighted by Crippen LogP contribution is 2.27. The molecular weight excluding hydrogens is 300 g/mol. The first-order valence-corrected chi connectivity index (χ1v) is 7.65. The fraction of sp³-hybridized carbons (Fsp3) is 0.385. The van der Waals surface area contributed by atoms with Crippen molar-refractivity contribution in [2.75, 3.05) is 23.9 Å². The van der Waals surface area contributed by atoms with Crippen LogP contribution < -0.4 is 15.4 Å². The molecule has 0 aromatic heterocycles. The molecule has 20 heavy (non-hydrogen) atoms. The number of hydrogen-bond donors (Lipinski definition) is 2.